The van der Waals surface area contributed by atoms with Gasteiger partial charge in [-0.1, -0.05) is 32.0 Å². The van der Waals surface area contributed by atoms with Crippen molar-refractivity contribution in [2.75, 3.05) is 20.3 Å². The summed E-state index contributed by atoms with van der Waals surface area (Å²) in [5.41, 5.74) is 2.81. The fraction of sp³-hybridized carbons (Fsp3) is 0.480. The van der Waals surface area contributed by atoms with Gasteiger partial charge in [0.25, 0.3) is 0 Å². The molecule has 1 heterocycles. The van der Waals surface area contributed by atoms with Crippen molar-refractivity contribution in [1.29, 1.82) is 0 Å². The number of methoxy groups -OCH3 is 1. The second-order valence-corrected chi connectivity index (χ2v) is 8.14. The summed E-state index contributed by atoms with van der Waals surface area (Å²) in [6.07, 6.45) is 1.17. The van der Waals surface area contributed by atoms with Gasteiger partial charge in [0.15, 0.2) is 5.78 Å². The third-order valence-electron chi connectivity index (χ3n) is 5.93. The molecule has 1 aromatic carbocycles. The Morgan fingerprint density at radius 2 is 1.91 bits per heavy atom. The minimum absolute atomic E-state index is 0.231. The van der Waals surface area contributed by atoms with Crippen LogP contribution in [0.1, 0.15) is 52.0 Å². The van der Waals surface area contributed by atoms with E-state index in [1.807, 2.05) is 52.0 Å². The lowest BCUT2D eigenvalue weighted by molar-refractivity contribution is -0.151. The number of dihydropyridines is 1. The summed E-state index contributed by atoms with van der Waals surface area (Å²) >= 11 is 0. The first-order valence-electron chi connectivity index (χ1n) is 11.1. The Balaban J connectivity index is 2.21. The Hall–Kier alpha value is -3.09. The van der Waals surface area contributed by atoms with E-state index in [0.717, 1.165) is 5.70 Å². The number of rotatable bonds is 7. The maximum atomic E-state index is 13.7. The van der Waals surface area contributed by atoms with Crippen LogP contribution in [0, 0.1) is 11.8 Å². The van der Waals surface area contributed by atoms with E-state index in [4.69, 9.17) is 14.2 Å². The largest absolute Gasteiger partial charge is 0.494 e. The summed E-state index contributed by atoms with van der Waals surface area (Å²) in [7, 11) is 1.28. The second-order valence-electron chi connectivity index (χ2n) is 8.14. The number of hydrogen-bond acceptors (Lipinski definition) is 7. The lowest BCUT2D eigenvalue weighted by Gasteiger charge is -2.38. The molecule has 2 aliphatic rings. The number of nitrogens with one attached hydrogen (secondary N) is 1. The number of esters is 2. The van der Waals surface area contributed by atoms with Crippen molar-refractivity contribution in [2.45, 2.75) is 46.5 Å². The van der Waals surface area contributed by atoms with E-state index in [1.54, 1.807) is 0 Å². The fourth-order valence-corrected chi connectivity index (χ4v) is 4.54. The third kappa shape index (κ3) is 4.29. The van der Waals surface area contributed by atoms with Gasteiger partial charge in [0.05, 0.1) is 31.8 Å². The summed E-state index contributed by atoms with van der Waals surface area (Å²) < 4.78 is 16.3. The van der Waals surface area contributed by atoms with Crippen molar-refractivity contribution in [1.82, 2.24) is 5.32 Å². The Kier molecular flexibility index (Phi) is 7.38. The van der Waals surface area contributed by atoms with E-state index in [2.05, 4.69) is 5.32 Å². The molecule has 1 aliphatic carbocycles. The predicted molar refractivity (Wildman–Crippen MR) is 119 cm³/mol. The fourth-order valence-electron chi connectivity index (χ4n) is 4.54. The van der Waals surface area contributed by atoms with E-state index in [9.17, 15) is 14.4 Å². The molecule has 7 nitrogen and oxygen atoms in total. The molecule has 0 unspecified atom stereocenters. The molecule has 172 valence electrons. The van der Waals surface area contributed by atoms with Gasteiger partial charge in [-0.15, -0.1) is 0 Å². The number of ether oxygens (including phenoxy) is 3. The standard InChI is InChI=1S/C25H31NO6/c1-6-12-32-25(29)20-15(4)26-17-13-14(3)19(24(28)30-5)23(27)22(17)21(20)16-10-8-9-11-18(16)31-7-2/h8-11,14,19,21,26H,6-7,12-13H2,1-5H3/t14-,19+,21+/m0/s1. The maximum absolute atomic E-state index is 13.7. The molecule has 7 heteroatoms. The maximum Gasteiger partial charge on any atom is 0.336 e. The molecule has 1 N–H and O–H groups in total. The van der Waals surface area contributed by atoms with Crippen LogP contribution in [0.15, 0.2) is 46.8 Å². The number of benzene rings is 1. The molecule has 0 amide bonds. The van der Waals surface area contributed by atoms with Gasteiger partial charge in [0.1, 0.15) is 11.7 Å². The minimum Gasteiger partial charge on any atom is -0.494 e. The quantitative estimate of drug-likeness (QED) is 0.510. The molecule has 3 rings (SSSR count). The van der Waals surface area contributed by atoms with Crippen molar-refractivity contribution in [3.63, 3.8) is 0 Å². The zero-order valence-electron chi connectivity index (χ0n) is 19.3. The van der Waals surface area contributed by atoms with Crippen molar-refractivity contribution >= 4 is 17.7 Å². The lowest BCUT2D eigenvalue weighted by atomic mass is 9.69. The van der Waals surface area contributed by atoms with E-state index in [1.165, 1.54) is 7.11 Å². The second kappa shape index (κ2) is 10.0. The highest BCUT2D eigenvalue weighted by Crippen LogP contribution is 2.47. The van der Waals surface area contributed by atoms with Gasteiger partial charge in [-0.2, -0.15) is 0 Å². The molecule has 1 aliphatic heterocycles. The predicted octanol–water partition coefficient (Wildman–Crippen LogP) is 3.65. The molecule has 0 bridgehead atoms. The van der Waals surface area contributed by atoms with Gasteiger partial charge in [-0.05, 0) is 38.7 Å². The molecular formula is C25H31NO6. The summed E-state index contributed by atoms with van der Waals surface area (Å²) in [6.45, 7) is 8.17. The first-order valence-corrected chi connectivity index (χ1v) is 11.1. The summed E-state index contributed by atoms with van der Waals surface area (Å²) in [5, 5.41) is 3.26. The molecule has 0 spiro atoms. The van der Waals surface area contributed by atoms with E-state index >= 15 is 0 Å². The Labute approximate surface area is 188 Å². The van der Waals surface area contributed by atoms with Crippen LogP contribution in [0.4, 0.5) is 0 Å². The van der Waals surface area contributed by atoms with Gasteiger partial charge in [-0.25, -0.2) is 4.79 Å². The topological polar surface area (TPSA) is 90.9 Å². The van der Waals surface area contributed by atoms with Crippen LogP contribution >= 0.6 is 0 Å². The van der Waals surface area contributed by atoms with Gasteiger partial charge in [-0.3, -0.25) is 9.59 Å². The molecule has 0 radical (unpaired) electrons. The smallest absolute Gasteiger partial charge is 0.336 e. The van der Waals surface area contributed by atoms with Gasteiger partial charge >= 0.3 is 11.9 Å². The zero-order valence-corrected chi connectivity index (χ0v) is 19.3. The minimum atomic E-state index is -0.923. The number of hydrogen-bond donors (Lipinski definition) is 1. The van der Waals surface area contributed by atoms with Crippen LogP contribution < -0.4 is 10.1 Å². The highest BCUT2D eigenvalue weighted by Gasteiger charge is 2.47. The van der Waals surface area contributed by atoms with Gasteiger partial charge in [0, 0.05) is 22.5 Å². The molecule has 0 aromatic heterocycles. The Morgan fingerprint density at radius 1 is 1.19 bits per heavy atom. The molecule has 0 saturated heterocycles. The summed E-state index contributed by atoms with van der Waals surface area (Å²) in [6, 6.07) is 7.36. The van der Waals surface area contributed by atoms with E-state index in [-0.39, 0.29) is 18.3 Å². The van der Waals surface area contributed by atoms with Crippen molar-refractivity contribution in [2.24, 2.45) is 11.8 Å². The highest BCUT2D eigenvalue weighted by molar-refractivity contribution is 6.12. The van der Waals surface area contributed by atoms with Crippen LogP contribution in [-0.2, 0) is 23.9 Å². The Bertz CT molecular complexity index is 976. The Morgan fingerprint density at radius 3 is 2.56 bits per heavy atom. The molecule has 1 aromatic rings. The highest BCUT2D eigenvalue weighted by atomic mass is 16.5. The third-order valence-corrected chi connectivity index (χ3v) is 5.93. The average Bonchev–Trinajstić information content (AvgIpc) is 2.77. The van der Waals surface area contributed by atoms with Crippen LogP contribution in [0.3, 0.4) is 0 Å². The van der Waals surface area contributed by atoms with E-state index < -0.39 is 23.8 Å². The monoisotopic (exact) mass is 441 g/mol. The normalized spacial score (nSPS) is 22.8. The van der Waals surface area contributed by atoms with Crippen LogP contribution in [0.5, 0.6) is 5.75 Å². The summed E-state index contributed by atoms with van der Waals surface area (Å²) in [4.78, 5) is 39.3. The lowest BCUT2D eigenvalue weighted by Crippen LogP contribution is -2.43. The number of allylic oxidation sites excluding steroid dienone is 3. The van der Waals surface area contributed by atoms with Gasteiger partial charge < -0.3 is 19.5 Å². The number of Topliss-reactive ketones (excluding diaryl/α,β-unsaturated/α-hetero) is 1. The number of carbonyl (C=O) groups excluding carboxylic acids is 3. The number of carbonyl (C=O) groups is 3. The molecule has 3 atom stereocenters. The van der Waals surface area contributed by atoms with Crippen molar-refractivity contribution in [3.8, 4) is 5.75 Å². The molecular weight excluding hydrogens is 410 g/mol. The average molecular weight is 442 g/mol. The van der Waals surface area contributed by atoms with Crippen LogP contribution in [0.2, 0.25) is 0 Å². The van der Waals surface area contributed by atoms with E-state index in [0.29, 0.717) is 47.6 Å². The van der Waals surface area contributed by atoms with Crippen molar-refractivity contribution < 1.29 is 28.6 Å². The molecule has 32 heavy (non-hydrogen) atoms. The first-order chi connectivity index (χ1) is 15.3. The zero-order chi connectivity index (χ0) is 23.4. The van der Waals surface area contributed by atoms with Gasteiger partial charge in [0.2, 0.25) is 0 Å². The first kappa shape index (κ1) is 23.6. The SMILES string of the molecule is CCCOC(=O)C1=C(C)NC2=C(C(=O)[C@H](C(=O)OC)[C@@H](C)C2)[C@@H]1c1ccccc1OCC. The molecule has 0 fully saturated rings. The number of ketones is 1. The summed E-state index contributed by atoms with van der Waals surface area (Å²) in [5.74, 6) is -2.65. The van der Waals surface area contributed by atoms with Crippen LogP contribution in [-0.4, -0.2) is 38.0 Å². The molecule has 0 saturated carbocycles. The number of para-hydroxylation sites is 1. The van der Waals surface area contributed by atoms with Crippen molar-refractivity contribution in [3.05, 3.63) is 52.4 Å². The van der Waals surface area contributed by atoms with Crippen LogP contribution in [0.25, 0.3) is 0 Å².